The molecule has 5 heterocycles. The maximum absolute atomic E-state index is 13.8. The zero-order valence-electron chi connectivity index (χ0n) is 41.9. The zero-order chi connectivity index (χ0) is 52.2. The Morgan fingerprint density at radius 1 is 0.622 bits per heavy atom. The lowest BCUT2D eigenvalue weighted by atomic mass is 10.1. The first-order chi connectivity index (χ1) is 35.7. The van der Waals surface area contributed by atoms with E-state index in [1.165, 1.54) is 17.2 Å². The van der Waals surface area contributed by atoms with Crippen molar-refractivity contribution in [2.75, 3.05) is 134 Å². The summed E-state index contributed by atoms with van der Waals surface area (Å²) in [5.41, 5.74) is 9.07. The Kier molecular flexibility index (Phi) is 18.9. The van der Waals surface area contributed by atoms with Gasteiger partial charge in [-0.15, -0.1) is 10.2 Å². The van der Waals surface area contributed by atoms with Gasteiger partial charge in [-0.05, 0) is 47.5 Å². The smallest absolute Gasteiger partial charge is 0.314 e. The predicted octanol–water partition coefficient (Wildman–Crippen LogP) is 3.90. The summed E-state index contributed by atoms with van der Waals surface area (Å²) in [6.45, 7) is 13.1. The van der Waals surface area contributed by atoms with Gasteiger partial charge in [0.2, 0.25) is 5.89 Å². The molecule has 0 radical (unpaired) electrons. The SMILES string of the molecule is CN(CCN1CCN(C2COC2)CC1)S(=O)(=O)N(Cc1ccc(-c2nnc(C(F)F)o2)cc1)c1ccccc1.CN(CCN1CCN(C2COC2)CC1)S(=O)(=O)N(Cc1ccc(C(=O)CN)cc1)c1ccccc1. The number of piperazine rings is 2. The molecule has 0 unspecified atom stereocenters. The number of halogens is 2. The number of likely N-dealkylation sites (N-methyl/N-ethyl adjacent to an activating group) is 2. The zero-order valence-corrected chi connectivity index (χ0v) is 43.6. The van der Waals surface area contributed by atoms with Crippen LogP contribution in [0, 0.1) is 0 Å². The molecule has 4 fully saturated rings. The van der Waals surface area contributed by atoms with Crippen molar-refractivity contribution in [1.29, 1.82) is 0 Å². The first-order valence-corrected chi connectivity index (χ1v) is 27.7. The fourth-order valence-electron chi connectivity index (χ4n) is 8.94. The molecule has 2 N–H and O–H groups in total. The summed E-state index contributed by atoms with van der Waals surface area (Å²) in [7, 11) is -4.39. The van der Waals surface area contributed by atoms with Crippen molar-refractivity contribution in [2.45, 2.75) is 31.6 Å². The highest BCUT2D eigenvalue weighted by Gasteiger charge is 2.33. The number of ketones is 1. The summed E-state index contributed by atoms with van der Waals surface area (Å²) < 4.78 is 102. The summed E-state index contributed by atoms with van der Waals surface area (Å²) in [6, 6.07) is 32.8. The lowest BCUT2D eigenvalue weighted by Gasteiger charge is -2.42. The molecular formula is C51H67F2N11O8S2. The molecule has 4 aliphatic rings. The molecular weight excluding hydrogens is 997 g/mol. The van der Waals surface area contributed by atoms with E-state index < -0.39 is 32.7 Å². The molecule has 0 aliphatic carbocycles. The van der Waals surface area contributed by atoms with Gasteiger partial charge in [0.1, 0.15) is 0 Å². The lowest BCUT2D eigenvalue weighted by Crippen LogP contribution is -2.57. The maximum Gasteiger partial charge on any atom is 0.314 e. The Labute approximate surface area is 433 Å². The molecule has 4 aromatic carbocycles. The summed E-state index contributed by atoms with van der Waals surface area (Å²) in [5.74, 6) is -0.912. The minimum Gasteiger partial charge on any atom is -0.415 e. The highest BCUT2D eigenvalue weighted by Crippen LogP contribution is 2.28. The molecule has 4 saturated heterocycles. The molecule has 9 rings (SSSR count). The highest BCUT2D eigenvalue weighted by atomic mass is 32.2. The summed E-state index contributed by atoms with van der Waals surface area (Å²) in [4.78, 5) is 21.4. The minimum absolute atomic E-state index is 0.0222. The van der Waals surface area contributed by atoms with Crippen molar-refractivity contribution >= 4 is 37.6 Å². The Hall–Kier alpha value is -5.31. The van der Waals surface area contributed by atoms with Crippen LogP contribution in [0.5, 0.6) is 0 Å². The van der Waals surface area contributed by atoms with E-state index in [9.17, 15) is 30.4 Å². The Morgan fingerprint density at radius 3 is 1.41 bits per heavy atom. The topological polar surface area (TPSA) is 195 Å². The summed E-state index contributed by atoms with van der Waals surface area (Å²) in [6.07, 6.45) is -2.85. The third kappa shape index (κ3) is 13.9. The van der Waals surface area contributed by atoms with Crippen LogP contribution in [0.15, 0.2) is 114 Å². The maximum atomic E-state index is 13.8. The number of hydrogen-bond donors (Lipinski definition) is 1. The van der Waals surface area contributed by atoms with Gasteiger partial charge >= 0.3 is 26.8 Å². The number of anilines is 2. The molecule has 400 valence electrons. The van der Waals surface area contributed by atoms with E-state index in [1.807, 2.05) is 24.3 Å². The number of carbonyl (C=O) groups excluding carboxylic acids is 1. The van der Waals surface area contributed by atoms with Crippen molar-refractivity contribution < 1.29 is 44.3 Å². The van der Waals surface area contributed by atoms with Crippen LogP contribution < -0.4 is 14.3 Å². The number of Topliss-reactive ketones (excluding diaryl/α,β-unsaturated/α-hetero) is 1. The van der Waals surface area contributed by atoms with Gasteiger partial charge in [0.25, 0.3) is 5.89 Å². The number of benzene rings is 4. The number of hydrogen-bond acceptors (Lipinski definition) is 15. The average molecular weight is 1060 g/mol. The van der Waals surface area contributed by atoms with Crippen molar-refractivity contribution in [3.63, 3.8) is 0 Å². The second-order valence-corrected chi connectivity index (χ2v) is 22.7. The number of ether oxygens (including phenoxy) is 2. The van der Waals surface area contributed by atoms with Crippen LogP contribution in [-0.2, 0) is 43.0 Å². The van der Waals surface area contributed by atoms with E-state index in [4.69, 9.17) is 19.6 Å². The van der Waals surface area contributed by atoms with Crippen molar-refractivity contribution in [2.24, 2.45) is 5.73 Å². The van der Waals surface area contributed by atoms with E-state index in [2.05, 4.69) is 29.8 Å². The molecule has 0 bridgehead atoms. The van der Waals surface area contributed by atoms with Crippen molar-refractivity contribution in [1.82, 2.24) is 38.4 Å². The number of alkyl halides is 2. The first kappa shape index (κ1) is 54.9. The van der Waals surface area contributed by atoms with Crippen LogP contribution in [0.4, 0.5) is 20.2 Å². The highest BCUT2D eigenvalue weighted by molar-refractivity contribution is 7.90. The van der Waals surface area contributed by atoms with Crippen LogP contribution in [0.3, 0.4) is 0 Å². The van der Waals surface area contributed by atoms with Crippen LogP contribution in [0.25, 0.3) is 11.5 Å². The largest absolute Gasteiger partial charge is 0.415 e. The van der Waals surface area contributed by atoms with Gasteiger partial charge in [0.05, 0.1) is 69.5 Å². The Morgan fingerprint density at radius 2 is 1.04 bits per heavy atom. The number of aromatic nitrogens is 2. The monoisotopic (exact) mass is 1060 g/mol. The van der Waals surface area contributed by atoms with E-state index in [-0.39, 0.29) is 31.3 Å². The molecule has 0 saturated carbocycles. The number of carbonyl (C=O) groups is 1. The average Bonchev–Trinajstić information content (AvgIpc) is 3.90. The van der Waals surface area contributed by atoms with Gasteiger partial charge < -0.3 is 19.6 Å². The molecule has 23 heteroatoms. The molecule has 0 amide bonds. The van der Waals surface area contributed by atoms with Crippen LogP contribution in [0.1, 0.15) is 33.8 Å². The van der Waals surface area contributed by atoms with Gasteiger partial charge in [-0.1, -0.05) is 72.8 Å². The van der Waals surface area contributed by atoms with Gasteiger partial charge in [-0.25, -0.2) is 0 Å². The summed E-state index contributed by atoms with van der Waals surface area (Å²) >= 11 is 0. The number of para-hydroxylation sites is 2. The lowest BCUT2D eigenvalue weighted by molar-refractivity contribution is -0.0768. The van der Waals surface area contributed by atoms with Crippen LogP contribution >= 0.6 is 0 Å². The molecule has 1 aromatic heterocycles. The fraction of sp³-hybridized carbons (Fsp3) is 0.471. The van der Waals surface area contributed by atoms with Gasteiger partial charge in [0.15, 0.2) is 5.78 Å². The van der Waals surface area contributed by atoms with E-state index in [1.54, 1.807) is 99.0 Å². The van der Waals surface area contributed by atoms with Crippen molar-refractivity contribution in [3.8, 4) is 11.5 Å². The first-order valence-electron chi connectivity index (χ1n) is 24.9. The second kappa shape index (κ2) is 25.5. The van der Waals surface area contributed by atoms with Gasteiger partial charge in [-0.3, -0.25) is 33.0 Å². The number of nitrogens with zero attached hydrogens (tertiary/aromatic N) is 10. The van der Waals surface area contributed by atoms with Gasteiger partial charge in [-0.2, -0.15) is 34.2 Å². The number of nitrogens with two attached hydrogens (primary N) is 1. The third-order valence-electron chi connectivity index (χ3n) is 13.9. The standard InChI is InChI=1S/C26H32F2N6O4S.C25H35N5O4S/c1-31(11-12-32-13-15-33(16-14-32)23-18-37-19-23)39(35,36)34(22-5-3-2-4-6-22)17-20-7-9-21(10-8-20)25-29-30-26(38-25)24(27)28;1-27(11-12-28-13-15-29(16-14-28)24-19-34-20-24)35(32,33)30(23-5-3-2-4-6-23)18-21-7-9-22(10-8-21)25(31)17-26/h2-10,23-24H,11-19H2,1H3;2-10,24H,11-20,26H2,1H3. The van der Waals surface area contributed by atoms with Gasteiger partial charge in [0, 0.05) is 104 Å². The molecule has 19 nitrogen and oxygen atoms in total. The third-order valence-corrected chi connectivity index (χ3v) is 17.7. The Bertz CT molecular complexity index is 2760. The van der Waals surface area contributed by atoms with Crippen molar-refractivity contribution in [3.05, 3.63) is 132 Å². The minimum atomic E-state index is -3.85. The predicted molar refractivity (Wildman–Crippen MR) is 278 cm³/mol. The second-order valence-electron chi connectivity index (χ2n) is 18.7. The van der Waals surface area contributed by atoms with E-state index in [0.717, 1.165) is 84.3 Å². The number of rotatable bonds is 22. The quantitative estimate of drug-likeness (QED) is 0.0981. The Balaban J connectivity index is 0.000000198. The molecule has 74 heavy (non-hydrogen) atoms. The molecule has 0 atom stereocenters. The normalized spacial score (nSPS) is 17.7. The molecule has 0 spiro atoms. The molecule has 5 aromatic rings. The van der Waals surface area contributed by atoms with Crippen LogP contribution in [-0.4, -0.2) is 199 Å². The van der Waals surface area contributed by atoms with Crippen LogP contribution in [0.2, 0.25) is 0 Å². The summed E-state index contributed by atoms with van der Waals surface area (Å²) in [5, 5.41) is 7.02. The molecule has 4 aliphatic heterocycles. The fourth-order valence-corrected chi connectivity index (χ4v) is 11.6. The van der Waals surface area contributed by atoms with E-state index >= 15 is 0 Å². The van der Waals surface area contributed by atoms with E-state index in [0.29, 0.717) is 66.3 Å².